The van der Waals surface area contributed by atoms with Gasteiger partial charge in [0.05, 0.1) is 12.6 Å². The maximum Gasteiger partial charge on any atom is 0.240 e. The van der Waals surface area contributed by atoms with Gasteiger partial charge in [0.25, 0.3) is 0 Å². The van der Waals surface area contributed by atoms with Crippen molar-refractivity contribution in [2.24, 2.45) is 0 Å². The number of hydrogen-bond acceptors (Lipinski definition) is 3. The van der Waals surface area contributed by atoms with Gasteiger partial charge in [0.2, 0.25) is 5.91 Å². The van der Waals surface area contributed by atoms with E-state index in [2.05, 4.69) is 34.9 Å². The normalized spacial score (nSPS) is 15.7. The van der Waals surface area contributed by atoms with Crippen LogP contribution in [0.2, 0.25) is 0 Å². The molecule has 0 aromatic heterocycles. The Bertz CT molecular complexity index is 773. The zero-order valence-electron chi connectivity index (χ0n) is 15.0. The number of rotatable bonds is 6. The molecule has 1 amide bonds. The third kappa shape index (κ3) is 4.64. The van der Waals surface area contributed by atoms with Gasteiger partial charge in [0, 0.05) is 5.69 Å². The first-order valence-electron chi connectivity index (χ1n) is 9.29. The molecular formula is C22H25N3O. The summed E-state index contributed by atoms with van der Waals surface area (Å²) in [5.74, 6) is -0.122. The molecule has 2 aromatic rings. The van der Waals surface area contributed by atoms with Crippen LogP contribution < -0.4 is 10.6 Å². The van der Waals surface area contributed by atoms with Crippen LogP contribution in [0.3, 0.4) is 0 Å². The lowest BCUT2D eigenvalue weighted by molar-refractivity contribution is -0.121. The van der Waals surface area contributed by atoms with Gasteiger partial charge in [-0.15, -0.1) is 0 Å². The van der Waals surface area contributed by atoms with Gasteiger partial charge in [-0.25, -0.2) is 0 Å². The second-order valence-electron chi connectivity index (χ2n) is 6.98. The summed E-state index contributed by atoms with van der Waals surface area (Å²) in [7, 11) is 0. The molecule has 4 nitrogen and oxygen atoms in total. The van der Waals surface area contributed by atoms with E-state index >= 15 is 0 Å². The lowest BCUT2D eigenvalue weighted by Crippen LogP contribution is -2.50. The maximum atomic E-state index is 12.4. The average molecular weight is 347 g/mol. The molecule has 26 heavy (non-hydrogen) atoms. The Morgan fingerprint density at radius 1 is 1.00 bits per heavy atom. The van der Waals surface area contributed by atoms with Crippen molar-refractivity contribution in [2.75, 3.05) is 11.9 Å². The summed E-state index contributed by atoms with van der Waals surface area (Å²) >= 11 is 0. The predicted molar refractivity (Wildman–Crippen MR) is 104 cm³/mol. The predicted octanol–water partition coefficient (Wildman–Crippen LogP) is 4.03. The van der Waals surface area contributed by atoms with Gasteiger partial charge in [-0.05, 0) is 36.5 Å². The zero-order chi connectivity index (χ0) is 18.2. The van der Waals surface area contributed by atoms with E-state index in [0.717, 1.165) is 49.8 Å². The van der Waals surface area contributed by atoms with Gasteiger partial charge in [-0.1, -0.05) is 67.8 Å². The molecule has 1 saturated carbocycles. The molecule has 0 heterocycles. The number of nitriles is 1. The minimum atomic E-state index is -0.680. The smallest absolute Gasteiger partial charge is 0.240 e. The number of para-hydroxylation sites is 1. The summed E-state index contributed by atoms with van der Waals surface area (Å²) in [4.78, 5) is 12.4. The minimum Gasteiger partial charge on any atom is -0.376 e. The summed E-state index contributed by atoms with van der Waals surface area (Å²) in [6.07, 6.45) is 5.46. The molecule has 0 bridgehead atoms. The molecule has 3 rings (SSSR count). The van der Waals surface area contributed by atoms with E-state index in [1.807, 2.05) is 36.4 Å². The second kappa shape index (κ2) is 8.53. The molecule has 134 valence electrons. The molecule has 2 N–H and O–H groups in total. The van der Waals surface area contributed by atoms with Gasteiger partial charge in [0.1, 0.15) is 5.54 Å². The van der Waals surface area contributed by atoms with Crippen LogP contribution in [0.15, 0.2) is 54.6 Å². The van der Waals surface area contributed by atoms with E-state index in [9.17, 15) is 10.1 Å². The number of anilines is 1. The average Bonchev–Trinajstić information content (AvgIpc) is 2.69. The van der Waals surface area contributed by atoms with Crippen LogP contribution in [-0.2, 0) is 11.2 Å². The van der Waals surface area contributed by atoms with Crippen LogP contribution in [0.1, 0.15) is 43.2 Å². The summed E-state index contributed by atoms with van der Waals surface area (Å²) < 4.78 is 0. The number of nitrogens with zero attached hydrogens (tertiary/aromatic N) is 1. The Morgan fingerprint density at radius 2 is 1.69 bits per heavy atom. The highest BCUT2D eigenvalue weighted by Crippen LogP contribution is 2.27. The Labute approximate surface area is 155 Å². The number of benzene rings is 2. The summed E-state index contributed by atoms with van der Waals surface area (Å²) in [6, 6.07) is 20.6. The van der Waals surface area contributed by atoms with Crippen molar-refractivity contribution in [3.63, 3.8) is 0 Å². The molecule has 0 spiro atoms. The van der Waals surface area contributed by atoms with Crippen molar-refractivity contribution in [3.05, 3.63) is 65.7 Å². The Hall–Kier alpha value is -2.80. The summed E-state index contributed by atoms with van der Waals surface area (Å²) in [5, 5.41) is 15.7. The SMILES string of the molecule is N#CC1(NC(=O)CNc2ccccc2Cc2ccccc2)CCCCC1. The van der Waals surface area contributed by atoms with Crippen molar-refractivity contribution in [1.82, 2.24) is 5.32 Å². The molecule has 0 saturated heterocycles. The Morgan fingerprint density at radius 3 is 2.42 bits per heavy atom. The van der Waals surface area contributed by atoms with E-state index in [1.54, 1.807) is 0 Å². The highest BCUT2D eigenvalue weighted by atomic mass is 16.2. The molecule has 0 radical (unpaired) electrons. The Kier molecular flexibility index (Phi) is 5.91. The van der Waals surface area contributed by atoms with Gasteiger partial charge >= 0.3 is 0 Å². The highest BCUT2D eigenvalue weighted by molar-refractivity contribution is 5.82. The topological polar surface area (TPSA) is 64.9 Å². The van der Waals surface area contributed by atoms with Gasteiger partial charge in [0.15, 0.2) is 0 Å². The van der Waals surface area contributed by atoms with E-state index in [1.165, 1.54) is 5.56 Å². The van der Waals surface area contributed by atoms with Crippen LogP contribution in [0, 0.1) is 11.3 Å². The molecule has 0 atom stereocenters. The molecule has 1 fully saturated rings. The fourth-order valence-corrected chi connectivity index (χ4v) is 3.57. The number of amides is 1. The lowest BCUT2D eigenvalue weighted by atomic mass is 9.83. The van der Waals surface area contributed by atoms with Crippen LogP contribution in [0.25, 0.3) is 0 Å². The van der Waals surface area contributed by atoms with Crippen LogP contribution >= 0.6 is 0 Å². The van der Waals surface area contributed by atoms with Crippen LogP contribution in [0.5, 0.6) is 0 Å². The van der Waals surface area contributed by atoms with Crippen molar-refractivity contribution < 1.29 is 4.79 Å². The molecule has 4 heteroatoms. The lowest BCUT2D eigenvalue weighted by Gasteiger charge is -2.31. The van der Waals surface area contributed by atoms with Crippen molar-refractivity contribution in [2.45, 2.75) is 44.1 Å². The Balaban J connectivity index is 1.61. The number of nitrogens with one attached hydrogen (secondary N) is 2. The van der Waals surface area contributed by atoms with Gasteiger partial charge in [-0.2, -0.15) is 5.26 Å². The van der Waals surface area contributed by atoms with E-state index in [0.29, 0.717) is 0 Å². The quantitative estimate of drug-likeness (QED) is 0.829. The largest absolute Gasteiger partial charge is 0.376 e. The van der Waals surface area contributed by atoms with Crippen molar-refractivity contribution >= 4 is 11.6 Å². The molecule has 1 aliphatic rings. The van der Waals surface area contributed by atoms with Gasteiger partial charge < -0.3 is 10.6 Å². The first-order valence-corrected chi connectivity index (χ1v) is 9.29. The monoisotopic (exact) mass is 347 g/mol. The fraction of sp³-hybridized carbons (Fsp3) is 0.364. The molecule has 1 aliphatic carbocycles. The van der Waals surface area contributed by atoms with Crippen molar-refractivity contribution in [1.29, 1.82) is 5.26 Å². The molecular weight excluding hydrogens is 322 g/mol. The van der Waals surface area contributed by atoms with E-state index < -0.39 is 5.54 Å². The van der Waals surface area contributed by atoms with Crippen LogP contribution in [0.4, 0.5) is 5.69 Å². The maximum absolute atomic E-state index is 12.4. The standard InChI is InChI=1S/C22H25N3O/c23-17-22(13-7-2-8-14-22)25-21(26)16-24-20-12-6-5-11-19(20)15-18-9-3-1-4-10-18/h1,3-6,9-12,24H,2,7-8,13-16H2,(H,25,26). The van der Waals surface area contributed by atoms with E-state index in [-0.39, 0.29) is 12.5 Å². The van der Waals surface area contributed by atoms with Gasteiger partial charge in [-0.3, -0.25) is 4.79 Å². The third-order valence-electron chi connectivity index (χ3n) is 4.99. The summed E-state index contributed by atoms with van der Waals surface area (Å²) in [5.41, 5.74) is 2.66. The molecule has 2 aromatic carbocycles. The zero-order valence-corrected chi connectivity index (χ0v) is 15.0. The molecule has 0 unspecified atom stereocenters. The molecule has 0 aliphatic heterocycles. The number of carbonyl (C=O) groups excluding carboxylic acids is 1. The van der Waals surface area contributed by atoms with Crippen LogP contribution in [-0.4, -0.2) is 18.0 Å². The minimum absolute atomic E-state index is 0.122. The second-order valence-corrected chi connectivity index (χ2v) is 6.98. The first-order chi connectivity index (χ1) is 12.7. The first kappa shape index (κ1) is 18.0. The number of carbonyl (C=O) groups is 1. The highest BCUT2D eigenvalue weighted by Gasteiger charge is 2.33. The van der Waals surface area contributed by atoms with E-state index in [4.69, 9.17) is 0 Å². The van der Waals surface area contributed by atoms with Crippen molar-refractivity contribution in [3.8, 4) is 6.07 Å². The number of hydrogen-bond donors (Lipinski definition) is 2. The summed E-state index contributed by atoms with van der Waals surface area (Å²) in [6.45, 7) is 0.176. The third-order valence-corrected chi connectivity index (χ3v) is 4.99. The fourth-order valence-electron chi connectivity index (χ4n) is 3.57.